The van der Waals surface area contributed by atoms with Crippen LogP contribution in [0.25, 0.3) is 0 Å². The number of amides is 2. The normalized spacial score (nSPS) is 26.1. The van der Waals surface area contributed by atoms with Crippen LogP contribution in [-0.4, -0.2) is 215 Å². The van der Waals surface area contributed by atoms with Crippen LogP contribution >= 0.6 is 0 Å². The third kappa shape index (κ3) is 42.2. The van der Waals surface area contributed by atoms with Crippen LogP contribution in [0.15, 0.2) is 24.3 Å². The molecule has 0 aromatic carbocycles. The highest BCUT2D eigenvalue weighted by Gasteiger charge is 2.60. The number of ether oxygens (including phenoxy) is 6. The molecule has 0 saturated carbocycles. The molecule has 2 amide bonds. The van der Waals surface area contributed by atoms with Crippen LogP contribution in [-0.2, 0) is 42.8 Å². The number of carboxylic acid groups (broad SMARTS) is 1. The number of aliphatic hydroxyl groups excluding tert-OH is 11. The zero-order valence-corrected chi connectivity index (χ0v) is 66.8. The van der Waals surface area contributed by atoms with E-state index in [1.807, 2.05) is 0 Å². The first-order valence-electron chi connectivity index (χ1n) is 43.2. The summed E-state index contributed by atoms with van der Waals surface area (Å²) in [5, 5.41) is 137. The Labute approximate surface area is 644 Å². The number of rotatable bonds is 69. The first-order valence-corrected chi connectivity index (χ1v) is 43.2. The molecule has 23 heteroatoms. The van der Waals surface area contributed by atoms with Crippen LogP contribution in [0, 0.1) is 0 Å². The van der Waals surface area contributed by atoms with Gasteiger partial charge in [-0.3, -0.25) is 9.59 Å². The fraction of sp³-hybridized carbons (Fsp3) is 0.917. The van der Waals surface area contributed by atoms with Crippen molar-refractivity contribution in [1.82, 2.24) is 10.6 Å². The summed E-state index contributed by atoms with van der Waals surface area (Å²) >= 11 is 0. The summed E-state index contributed by atoms with van der Waals surface area (Å²) in [7, 11) is 0. The highest BCUT2D eigenvalue weighted by atomic mass is 16.8. The van der Waals surface area contributed by atoms with Gasteiger partial charge < -0.3 is 100 Å². The van der Waals surface area contributed by atoms with E-state index in [1.165, 1.54) is 244 Å². The van der Waals surface area contributed by atoms with Crippen molar-refractivity contribution in [2.45, 2.75) is 464 Å². The van der Waals surface area contributed by atoms with Crippen molar-refractivity contribution in [3.05, 3.63) is 24.3 Å². The average molecular weight is 1530 g/mol. The number of unbranched alkanes of at least 4 members (excludes halogenated alkanes) is 45. The first-order chi connectivity index (χ1) is 51.9. The molecule has 3 fully saturated rings. The zero-order valence-electron chi connectivity index (χ0n) is 66.8. The van der Waals surface area contributed by atoms with E-state index < -0.39 is 148 Å². The number of aliphatic hydroxyl groups is 11. The maximum absolute atomic E-state index is 13.6. The van der Waals surface area contributed by atoms with E-state index in [-0.39, 0.29) is 18.9 Å². The number of aliphatic carboxylic acids is 1. The Bertz CT molecular complexity index is 2220. The molecule has 0 aliphatic carbocycles. The van der Waals surface area contributed by atoms with Crippen molar-refractivity contribution in [2.24, 2.45) is 0 Å². The second-order valence-corrected chi connectivity index (χ2v) is 31.4. The van der Waals surface area contributed by atoms with Crippen molar-refractivity contribution in [2.75, 3.05) is 26.4 Å². The number of hydrogen-bond acceptors (Lipinski definition) is 20. The third-order valence-electron chi connectivity index (χ3n) is 21.9. The SMILES string of the molecule is CCCCCCCCCCCCCCC/C=C\C/C=C\CCCCCCCCCCCCCCCCCCCC(=O)NC(COC1OC(CO)C(OC2OC(CO)C(O)C(OC3(C(=O)O)CC(O)C(NC(C)=O)C(C(O)C(O)CO)O3)C2O)C(O)C1O)C(O)CCCCCCCCCCCCCCCCCC. The van der Waals surface area contributed by atoms with E-state index in [1.54, 1.807) is 0 Å². The first kappa shape index (κ1) is 98.4. The van der Waals surface area contributed by atoms with Gasteiger partial charge in [-0.1, -0.05) is 314 Å². The molecule has 18 unspecified atom stereocenters. The summed E-state index contributed by atoms with van der Waals surface area (Å²) in [5.74, 6) is -6.09. The fourth-order valence-electron chi connectivity index (χ4n) is 15.1. The lowest BCUT2D eigenvalue weighted by atomic mass is 9.88. The van der Waals surface area contributed by atoms with Crippen LogP contribution in [0.5, 0.6) is 0 Å². The molecule has 18 atom stereocenters. The summed E-state index contributed by atoms with van der Waals surface area (Å²) in [6.07, 6.45) is 42.0. The Morgan fingerprint density at radius 3 is 1.31 bits per heavy atom. The van der Waals surface area contributed by atoms with Crippen LogP contribution in [0.4, 0.5) is 0 Å². The van der Waals surface area contributed by atoms with Gasteiger partial charge in [0.15, 0.2) is 12.6 Å². The number of nitrogens with one attached hydrogen (secondary N) is 2. The highest BCUT2D eigenvalue weighted by Crippen LogP contribution is 2.39. The van der Waals surface area contributed by atoms with Crippen molar-refractivity contribution in [3.63, 3.8) is 0 Å². The molecule has 3 rings (SSSR count). The molecule has 3 aliphatic rings. The Balaban J connectivity index is 1.41. The fourth-order valence-corrected chi connectivity index (χ4v) is 15.1. The summed E-state index contributed by atoms with van der Waals surface area (Å²) in [6, 6.07) is -2.53. The monoisotopic (exact) mass is 1530 g/mol. The van der Waals surface area contributed by atoms with Crippen LogP contribution in [0.2, 0.25) is 0 Å². The Morgan fingerprint density at radius 1 is 0.486 bits per heavy atom. The number of carboxylic acids is 1. The molecule has 0 aromatic heterocycles. The molecule has 0 bridgehead atoms. The van der Waals surface area contributed by atoms with Gasteiger partial charge in [0, 0.05) is 19.8 Å². The lowest BCUT2D eigenvalue weighted by molar-refractivity contribution is -0.386. The molecular weight excluding hydrogens is 1370 g/mol. The third-order valence-corrected chi connectivity index (χ3v) is 21.9. The molecule has 14 N–H and O–H groups in total. The van der Waals surface area contributed by atoms with Crippen molar-refractivity contribution in [1.29, 1.82) is 0 Å². The molecule has 23 nitrogen and oxygen atoms in total. The lowest BCUT2D eigenvalue weighted by Gasteiger charge is -2.50. The van der Waals surface area contributed by atoms with Gasteiger partial charge in [-0.2, -0.15) is 0 Å². The van der Waals surface area contributed by atoms with Gasteiger partial charge >= 0.3 is 5.97 Å². The van der Waals surface area contributed by atoms with Gasteiger partial charge in [0.1, 0.15) is 67.1 Å². The van der Waals surface area contributed by atoms with Gasteiger partial charge in [-0.05, 0) is 44.9 Å². The maximum atomic E-state index is 13.6. The molecular formula is C84H156N2O21. The van der Waals surface area contributed by atoms with E-state index in [9.17, 15) is 75.7 Å². The van der Waals surface area contributed by atoms with Crippen molar-refractivity contribution >= 4 is 17.8 Å². The van der Waals surface area contributed by atoms with E-state index in [4.69, 9.17) is 28.4 Å². The molecule has 0 spiro atoms. The number of hydrogen-bond donors (Lipinski definition) is 14. The minimum Gasteiger partial charge on any atom is -0.477 e. The van der Waals surface area contributed by atoms with Crippen LogP contribution in [0.3, 0.4) is 0 Å². The van der Waals surface area contributed by atoms with Gasteiger partial charge in [-0.15, -0.1) is 0 Å². The molecule has 0 aromatic rings. The van der Waals surface area contributed by atoms with E-state index in [0.29, 0.717) is 19.3 Å². The topological polar surface area (TPSA) is 373 Å². The number of carbonyl (C=O) groups is 3. The smallest absolute Gasteiger partial charge is 0.364 e. The molecule has 628 valence electrons. The van der Waals surface area contributed by atoms with Crippen molar-refractivity contribution in [3.8, 4) is 0 Å². The minimum absolute atomic E-state index is 0.226. The predicted octanol–water partition coefficient (Wildman–Crippen LogP) is 12.7. The zero-order chi connectivity index (χ0) is 78.1. The standard InChI is InChI=1S/C84H156N2O21/c1-4-6-8-10-12-14-16-18-20-22-23-24-25-26-27-28-29-30-31-32-33-34-35-36-37-38-39-40-41-42-44-46-48-50-52-54-56-58-71(94)86-65(66(91)57-55-53-51-49-47-45-43-21-19-17-15-13-11-9-7-5-2)63-102-81-76(98)75(97)78(70(62-89)104-81)105-82-77(99)80(74(96)69(61-88)103-82)107-84(83(100)101)59-67(92)72(85-64(3)90)79(106-84)73(95)68(93)60-87/h27-28,30-31,65-70,72-82,87-89,91-93,95-99H,4-26,29,32-63H2,1-3H3,(H,85,90)(H,86,94)(H,100,101)/b28-27-,31-30-. The van der Waals surface area contributed by atoms with E-state index >= 15 is 0 Å². The molecule has 0 radical (unpaired) electrons. The van der Waals surface area contributed by atoms with Crippen LogP contribution < -0.4 is 10.6 Å². The largest absolute Gasteiger partial charge is 0.477 e. The minimum atomic E-state index is -3.08. The molecule has 3 aliphatic heterocycles. The van der Waals surface area contributed by atoms with E-state index in [0.717, 1.165) is 64.7 Å². The van der Waals surface area contributed by atoms with Gasteiger partial charge in [-0.25, -0.2) is 4.79 Å². The summed E-state index contributed by atoms with van der Waals surface area (Å²) in [5.41, 5.74) is 0. The average Bonchev–Trinajstić information content (AvgIpc) is 0.754. The quantitative estimate of drug-likeness (QED) is 0.0199. The molecule has 3 saturated heterocycles. The predicted molar refractivity (Wildman–Crippen MR) is 417 cm³/mol. The van der Waals surface area contributed by atoms with Crippen LogP contribution in [0.1, 0.15) is 355 Å². The summed E-state index contributed by atoms with van der Waals surface area (Å²) < 4.78 is 35.0. The Morgan fingerprint density at radius 2 is 0.897 bits per heavy atom. The number of carbonyl (C=O) groups excluding carboxylic acids is 2. The van der Waals surface area contributed by atoms with Gasteiger partial charge in [0.25, 0.3) is 5.79 Å². The van der Waals surface area contributed by atoms with Gasteiger partial charge in [0.05, 0.1) is 50.7 Å². The highest BCUT2D eigenvalue weighted by molar-refractivity contribution is 5.77. The summed E-state index contributed by atoms with van der Waals surface area (Å²) in [6.45, 7) is 2.25. The van der Waals surface area contributed by atoms with Crippen molar-refractivity contribution < 1.29 is 104 Å². The second kappa shape index (κ2) is 62.6. The molecule has 107 heavy (non-hydrogen) atoms. The maximum Gasteiger partial charge on any atom is 0.364 e. The van der Waals surface area contributed by atoms with Gasteiger partial charge in [0.2, 0.25) is 11.8 Å². The lowest BCUT2D eigenvalue weighted by Crippen LogP contribution is -2.70. The molecule has 3 heterocycles. The van der Waals surface area contributed by atoms with E-state index in [2.05, 4.69) is 48.8 Å². The second-order valence-electron chi connectivity index (χ2n) is 31.4. The number of allylic oxidation sites excluding steroid dienone is 4. The Kier molecular flexibility index (Phi) is 57.6. The Hall–Kier alpha value is -2.79. The summed E-state index contributed by atoms with van der Waals surface area (Å²) in [4.78, 5) is 38.7.